The van der Waals surface area contributed by atoms with Crippen LogP contribution in [0.3, 0.4) is 0 Å². The molecule has 1 saturated heterocycles. The highest BCUT2D eigenvalue weighted by molar-refractivity contribution is 5.45. The van der Waals surface area contributed by atoms with E-state index in [0.717, 1.165) is 5.56 Å². The largest absolute Gasteiger partial charge is 0.606 e. The van der Waals surface area contributed by atoms with Crippen LogP contribution in [0.4, 0.5) is 5.69 Å². The number of aliphatic hydroxyl groups is 1. The molecule has 4 heteroatoms. The number of nitrogens with one attached hydrogen (secondary N) is 1. The number of hydrogen-bond donors (Lipinski definition) is 2. The fourth-order valence-electron chi connectivity index (χ4n) is 2.04. The number of hydrogen-bond acceptors (Lipinski definition) is 3. The topological polar surface area (TPSA) is 55.3 Å². The van der Waals surface area contributed by atoms with Gasteiger partial charge >= 0.3 is 0 Å². The first kappa shape index (κ1) is 11.5. The van der Waals surface area contributed by atoms with Crippen molar-refractivity contribution in [1.82, 2.24) is 10.2 Å². The Morgan fingerprint density at radius 1 is 1.44 bits per heavy atom. The highest BCUT2D eigenvalue weighted by Gasteiger charge is 2.42. The maximum atomic E-state index is 12.5. The highest BCUT2D eigenvalue weighted by atomic mass is 16.6. The Kier molecular flexibility index (Phi) is 2.75. The summed E-state index contributed by atoms with van der Waals surface area (Å²) < 4.78 is -0.544. The summed E-state index contributed by atoms with van der Waals surface area (Å²) in [5.74, 6) is 0. The minimum Gasteiger partial charge on any atom is -0.606 e. The van der Waals surface area contributed by atoms with Gasteiger partial charge in [-0.3, -0.25) is 0 Å². The van der Waals surface area contributed by atoms with E-state index in [1.54, 1.807) is 0 Å². The van der Waals surface area contributed by atoms with Crippen molar-refractivity contribution in [1.29, 1.82) is 0 Å². The molecule has 0 amide bonds. The van der Waals surface area contributed by atoms with Crippen molar-refractivity contribution < 1.29 is 5.11 Å². The van der Waals surface area contributed by atoms with Gasteiger partial charge in [-0.1, -0.05) is 24.6 Å². The van der Waals surface area contributed by atoms with E-state index in [1.807, 2.05) is 38.1 Å². The molecule has 1 aliphatic heterocycles. The Morgan fingerprint density at radius 3 is 2.56 bits per heavy atom. The number of aryl methyl sites for hydroxylation is 1. The minimum absolute atomic E-state index is 0.0358. The maximum Gasteiger partial charge on any atom is 0.152 e. The van der Waals surface area contributed by atoms with Gasteiger partial charge in [0.1, 0.15) is 6.54 Å². The average Bonchev–Trinajstić information content (AvgIpc) is 2.58. The molecule has 1 fully saturated rings. The van der Waals surface area contributed by atoms with Crippen molar-refractivity contribution in [3.63, 3.8) is 0 Å². The van der Waals surface area contributed by atoms with Crippen LogP contribution >= 0.6 is 0 Å². The first-order valence-electron chi connectivity index (χ1n) is 5.50. The first-order chi connectivity index (χ1) is 7.47. The van der Waals surface area contributed by atoms with E-state index in [0.29, 0.717) is 18.8 Å². The van der Waals surface area contributed by atoms with Crippen LogP contribution in [-0.2, 0) is 0 Å². The second kappa shape index (κ2) is 3.82. The first-order valence-corrected chi connectivity index (χ1v) is 5.50. The third-order valence-electron chi connectivity index (χ3n) is 3.20. The Bertz CT molecular complexity index is 379. The molecule has 1 aliphatic rings. The molecule has 2 unspecified atom stereocenters. The lowest BCUT2D eigenvalue weighted by Gasteiger charge is -2.37. The normalized spacial score (nSPS) is 34.2. The van der Waals surface area contributed by atoms with Crippen LogP contribution in [0.2, 0.25) is 0 Å². The van der Waals surface area contributed by atoms with Crippen LogP contribution < -0.4 is 10.2 Å². The van der Waals surface area contributed by atoms with Crippen LogP contribution in [0.15, 0.2) is 24.3 Å². The van der Waals surface area contributed by atoms with Gasteiger partial charge in [0.15, 0.2) is 5.69 Å². The molecule has 1 heterocycles. The Hall–Kier alpha value is -0.940. The number of benzene rings is 1. The predicted molar refractivity (Wildman–Crippen MR) is 64.4 cm³/mol. The van der Waals surface area contributed by atoms with Gasteiger partial charge in [0.05, 0.1) is 18.6 Å². The number of hydroxylamine groups is 1. The SMILES string of the molecule is Cc1ccc([N+]2([O-])CC(C)(CO)CN2)cc1. The fourth-order valence-corrected chi connectivity index (χ4v) is 2.04. The third kappa shape index (κ3) is 1.97. The van der Waals surface area contributed by atoms with E-state index >= 15 is 0 Å². The molecule has 2 N–H and O–H groups in total. The summed E-state index contributed by atoms with van der Waals surface area (Å²) in [7, 11) is 0. The Morgan fingerprint density at radius 2 is 2.06 bits per heavy atom. The van der Waals surface area contributed by atoms with Crippen molar-refractivity contribution in [2.24, 2.45) is 5.41 Å². The maximum absolute atomic E-state index is 12.5. The molecule has 0 aromatic heterocycles. The van der Waals surface area contributed by atoms with Gasteiger partial charge < -0.3 is 10.3 Å². The lowest BCUT2D eigenvalue weighted by Crippen LogP contribution is -2.49. The molecular weight excluding hydrogens is 204 g/mol. The smallest absolute Gasteiger partial charge is 0.152 e. The molecule has 0 saturated carbocycles. The standard InChI is InChI=1S/C12H18N2O2/c1-10-3-5-11(6-4-10)14(16)8-12(2,9-15)7-13-14/h3-6,13,15H,7-9H2,1-2H3. The summed E-state index contributed by atoms with van der Waals surface area (Å²) in [6.45, 7) is 4.86. The van der Waals surface area contributed by atoms with E-state index in [4.69, 9.17) is 0 Å². The minimum atomic E-state index is -0.544. The van der Waals surface area contributed by atoms with Gasteiger partial charge in [0.2, 0.25) is 0 Å². The molecule has 4 nitrogen and oxygen atoms in total. The van der Waals surface area contributed by atoms with Crippen molar-refractivity contribution in [3.8, 4) is 0 Å². The van der Waals surface area contributed by atoms with E-state index in [-0.39, 0.29) is 12.0 Å². The molecule has 2 atom stereocenters. The molecule has 0 spiro atoms. The van der Waals surface area contributed by atoms with Crippen LogP contribution in [-0.4, -0.2) is 24.8 Å². The van der Waals surface area contributed by atoms with E-state index in [1.165, 1.54) is 0 Å². The summed E-state index contributed by atoms with van der Waals surface area (Å²) in [5, 5.41) is 21.8. The van der Waals surface area contributed by atoms with Crippen LogP contribution in [0.1, 0.15) is 12.5 Å². The summed E-state index contributed by atoms with van der Waals surface area (Å²) in [6, 6.07) is 7.56. The monoisotopic (exact) mass is 222 g/mol. The van der Waals surface area contributed by atoms with Crippen LogP contribution in [0.25, 0.3) is 0 Å². The molecule has 2 rings (SSSR count). The number of nitrogens with zero attached hydrogens (tertiary/aromatic N) is 1. The molecule has 88 valence electrons. The molecule has 1 aromatic carbocycles. The zero-order chi connectivity index (χ0) is 11.8. The van der Waals surface area contributed by atoms with Gasteiger partial charge in [0, 0.05) is 12.1 Å². The van der Waals surface area contributed by atoms with Gasteiger partial charge in [-0.05, 0) is 6.92 Å². The summed E-state index contributed by atoms with van der Waals surface area (Å²) in [4.78, 5) is 0. The molecule has 0 bridgehead atoms. The van der Waals surface area contributed by atoms with E-state index < -0.39 is 4.76 Å². The molecule has 0 radical (unpaired) electrons. The Labute approximate surface area is 95.6 Å². The number of rotatable bonds is 2. The van der Waals surface area contributed by atoms with Gasteiger partial charge in [-0.25, -0.2) is 4.76 Å². The van der Waals surface area contributed by atoms with Crippen LogP contribution in [0, 0.1) is 17.5 Å². The lowest BCUT2D eigenvalue weighted by molar-refractivity contribution is 0.162. The molecule has 16 heavy (non-hydrogen) atoms. The number of quaternary nitrogens is 1. The predicted octanol–water partition coefficient (Wildman–Crippen LogP) is 1.32. The van der Waals surface area contributed by atoms with E-state index in [2.05, 4.69) is 5.43 Å². The van der Waals surface area contributed by atoms with Gasteiger partial charge in [-0.15, -0.1) is 0 Å². The van der Waals surface area contributed by atoms with Crippen LogP contribution in [0.5, 0.6) is 0 Å². The summed E-state index contributed by atoms with van der Waals surface area (Å²) >= 11 is 0. The Balaban J connectivity index is 2.24. The van der Waals surface area contributed by atoms with Crippen molar-refractivity contribution >= 4 is 5.69 Å². The molecule has 0 aliphatic carbocycles. The van der Waals surface area contributed by atoms with Crippen molar-refractivity contribution in [2.45, 2.75) is 13.8 Å². The van der Waals surface area contributed by atoms with Gasteiger partial charge in [0.25, 0.3) is 0 Å². The summed E-state index contributed by atoms with van der Waals surface area (Å²) in [5.41, 5.74) is 4.44. The van der Waals surface area contributed by atoms with Crippen molar-refractivity contribution in [2.75, 3.05) is 19.7 Å². The van der Waals surface area contributed by atoms with Crippen molar-refractivity contribution in [3.05, 3.63) is 35.0 Å². The van der Waals surface area contributed by atoms with Gasteiger partial charge in [-0.2, -0.15) is 5.43 Å². The van der Waals surface area contributed by atoms with E-state index in [9.17, 15) is 10.3 Å². The average molecular weight is 222 g/mol. The second-order valence-corrected chi connectivity index (χ2v) is 5.04. The highest BCUT2D eigenvalue weighted by Crippen LogP contribution is 2.31. The fraction of sp³-hybridized carbons (Fsp3) is 0.500. The number of aliphatic hydroxyl groups excluding tert-OH is 1. The lowest BCUT2D eigenvalue weighted by atomic mass is 9.93. The zero-order valence-corrected chi connectivity index (χ0v) is 9.73. The quantitative estimate of drug-likeness (QED) is 0.586. The second-order valence-electron chi connectivity index (χ2n) is 5.04. The molecular formula is C12H18N2O2. The zero-order valence-electron chi connectivity index (χ0n) is 9.73. The summed E-state index contributed by atoms with van der Waals surface area (Å²) in [6.07, 6.45) is 0. The third-order valence-corrected chi connectivity index (χ3v) is 3.20. The molecule has 1 aromatic rings.